The van der Waals surface area contributed by atoms with Crippen molar-refractivity contribution in [1.82, 2.24) is 0 Å². The Balaban J connectivity index is 4.99. The minimum absolute atomic E-state index is 1.09. The van der Waals surface area contributed by atoms with Crippen LogP contribution in [-0.2, 0) is 4.74 Å². The number of alkyl halides is 9. The Morgan fingerprint density at radius 2 is 1.20 bits per heavy atom. The Bertz CT molecular complexity index is 229. The number of hydrogen-bond acceptors (Lipinski definition) is 1. The van der Waals surface area contributed by atoms with Crippen LogP contribution in [0.5, 0.6) is 0 Å². The molecule has 0 aromatic rings. The molecule has 0 bridgehead atoms. The third-order valence-electron chi connectivity index (χ3n) is 0.921. The van der Waals surface area contributed by atoms with Gasteiger partial charge in [0.1, 0.15) is 6.26 Å². The van der Waals surface area contributed by atoms with Gasteiger partial charge in [0.25, 0.3) is 0 Å². The lowest BCUT2D eigenvalue weighted by atomic mass is 10.3. The Hall–Kier alpha value is -0.540. The summed E-state index contributed by atoms with van der Waals surface area (Å²) < 4.78 is 96.5. The van der Waals surface area contributed by atoms with Crippen LogP contribution in [0.25, 0.3) is 0 Å². The first-order valence-electron chi connectivity index (χ1n) is 2.93. The maximum atomic E-state index is 11.8. The number of rotatable bonds is 2. The minimum Gasteiger partial charge on any atom is -0.431 e. The van der Waals surface area contributed by atoms with E-state index in [2.05, 4.69) is 4.74 Å². The summed E-state index contributed by atoms with van der Waals surface area (Å²) in [6, 6.07) is 0. The zero-order chi connectivity index (χ0) is 12.5. The van der Waals surface area contributed by atoms with Gasteiger partial charge >= 0.3 is 17.4 Å². The lowest BCUT2D eigenvalue weighted by Gasteiger charge is -2.15. The molecule has 0 aromatic carbocycles. The van der Waals surface area contributed by atoms with Gasteiger partial charge in [0.15, 0.2) is 5.57 Å². The average Bonchev–Trinajstić information content (AvgIpc) is 1.75. The van der Waals surface area contributed by atoms with Crippen molar-refractivity contribution in [3.05, 3.63) is 11.8 Å². The standard InChI is InChI=1S/C5HBrF8O/c6-5(13,14)15-1-2(3(7,8)9)4(10,11)12/h1H. The molecule has 15 heavy (non-hydrogen) atoms. The van der Waals surface area contributed by atoms with E-state index in [1.807, 2.05) is 0 Å². The van der Waals surface area contributed by atoms with Crippen LogP contribution in [0.15, 0.2) is 11.8 Å². The highest BCUT2D eigenvalue weighted by molar-refractivity contribution is 9.09. The number of hydrogen-bond donors (Lipinski definition) is 0. The topological polar surface area (TPSA) is 9.23 Å². The van der Waals surface area contributed by atoms with Crippen LogP contribution in [0.4, 0.5) is 35.1 Å². The fourth-order valence-corrected chi connectivity index (χ4v) is 0.514. The molecule has 0 saturated carbocycles. The first-order valence-corrected chi connectivity index (χ1v) is 3.72. The van der Waals surface area contributed by atoms with Crippen molar-refractivity contribution in [3.63, 3.8) is 0 Å². The molecule has 0 rings (SSSR count). The first-order chi connectivity index (χ1) is 6.34. The molecule has 0 N–H and O–H groups in total. The lowest BCUT2D eigenvalue weighted by molar-refractivity contribution is -0.180. The quantitative estimate of drug-likeness (QED) is 0.426. The lowest BCUT2D eigenvalue weighted by Crippen LogP contribution is -2.27. The van der Waals surface area contributed by atoms with E-state index in [-0.39, 0.29) is 0 Å². The largest absolute Gasteiger partial charge is 0.458 e. The molecule has 0 radical (unpaired) electrons. The van der Waals surface area contributed by atoms with Gasteiger partial charge in [-0.25, -0.2) is 0 Å². The number of ether oxygens (including phenoxy) is 1. The molecule has 0 spiro atoms. The van der Waals surface area contributed by atoms with Gasteiger partial charge in [0, 0.05) is 15.9 Å². The monoisotopic (exact) mass is 308 g/mol. The average molecular weight is 309 g/mol. The normalized spacial score (nSPS) is 13.7. The molecule has 0 heterocycles. The minimum atomic E-state index is -5.82. The molecule has 90 valence electrons. The smallest absolute Gasteiger partial charge is 0.431 e. The van der Waals surface area contributed by atoms with Gasteiger partial charge in [-0.1, -0.05) is 0 Å². The molecule has 1 nitrogen and oxygen atoms in total. The van der Waals surface area contributed by atoms with E-state index in [0.29, 0.717) is 0 Å². The van der Waals surface area contributed by atoms with E-state index < -0.39 is 29.2 Å². The van der Waals surface area contributed by atoms with E-state index in [1.165, 1.54) is 15.9 Å². The Morgan fingerprint density at radius 1 is 0.867 bits per heavy atom. The third kappa shape index (κ3) is 5.80. The summed E-state index contributed by atoms with van der Waals surface area (Å²) in [6.45, 7) is 0. The van der Waals surface area contributed by atoms with Crippen LogP contribution < -0.4 is 0 Å². The van der Waals surface area contributed by atoms with Gasteiger partial charge in [-0.15, -0.1) is 0 Å². The predicted octanol–water partition coefficient (Wildman–Crippen LogP) is 3.96. The third-order valence-corrected chi connectivity index (χ3v) is 1.11. The van der Waals surface area contributed by atoms with Crippen molar-refractivity contribution in [2.75, 3.05) is 0 Å². The zero-order valence-electron chi connectivity index (χ0n) is 6.39. The van der Waals surface area contributed by atoms with Crippen LogP contribution in [-0.4, -0.2) is 17.4 Å². The maximum absolute atomic E-state index is 11.8. The van der Waals surface area contributed by atoms with Gasteiger partial charge in [0.2, 0.25) is 0 Å². The second-order valence-electron chi connectivity index (χ2n) is 2.09. The van der Waals surface area contributed by atoms with Gasteiger partial charge in [-0.2, -0.15) is 35.1 Å². The zero-order valence-corrected chi connectivity index (χ0v) is 7.97. The van der Waals surface area contributed by atoms with E-state index >= 15 is 0 Å². The Kier molecular flexibility index (Phi) is 3.99. The van der Waals surface area contributed by atoms with Crippen molar-refractivity contribution in [2.24, 2.45) is 0 Å². The molecule has 0 saturated heterocycles. The molecular formula is C5HBrF8O. The van der Waals surface area contributed by atoms with Crippen LogP contribution >= 0.6 is 15.9 Å². The summed E-state index contributed by atoms with van der Waals surface area (Å²) in [5.41, 5.74) is -3.16. The molecule has 0 aliphatic rings. The van der Waals surface area contributed by atoms with Crippen LogP contribution in [0, 0.1) is 0 Å². The van der Waals surface area contributed by atoms with Crippen molar-refractivity contribution >= 4 is 15.9 Å². The molecule has 0 aliphatic heterocycles. The number of halogens is 9. The summed E-state index contributed by atoms with van der Waals surface area (Å²) in [5, 5.41) is -4.30. The van der Waals surface area contributed by atoms with Crippen LogP contribution in [0.1, 0.15) is 0 Å². The molecular weight excluding hydrogens is 308 g/mol. The highest BCUT2D eigenvalue weighted by Gasteiger charge is 2.52. The fraction of sp³-hybridized carbons (Fsp3) is 0.600. The van der Waals surface area contributed by atoms with Crippen molar-refractivity contribution in [3.8, 4) is 0 Å². The maximum Gasteiger partial charge on any atom is 0.458 e. The van der Waals surface area contributed by atoms with Gasteiger partial charge in [-0.05, 0) is 0 Å². The van der Waals surface area contributed by atoms with Crippen LogP contribution in [0.2, 0.25) is 0 Å². The summed E-state index contributed by atoms with van der Waals surface area (Å²) in [7, 11) is 0. The SMILES string of the molecule is FC(F)(Br)OC=C(C(F)(F)F)C(F)(F)F. The van der Waals surface area contributed by atoms with Crippen molar-refractivity contribution in [1.29, 1.82) is 0 Å². The molecule has 10 heteroatoms. The highest BCUT2D eigenvalue weighted by atomic mass is 79.9. The Morgan fingerprint density at radius 3 is 1.40 bits per heavy atom. The summed E-state index contributed by atoms with van der Waals surface area (Å²) in [5.74, 6) is 0. The molecule has 0 amide bonds. The second-order valence-corrected chi connectivity index (χ2v) is 3.01. The highest BCUT2D eigenvalue weighted by Crippen LogP contribution is 2.39. The predicted molar refractivity (Wildman–Crippen MR) is 35.2 cm³/mol. The van der Waals surface area contributed by atoms with Crippen molar-refractivity contribution < 1.29 is 39.9 Å². The van der Waals surface area contributed by atoms with Gasteiger partial charge < -0.3 is 4.74 Å². The van der Waals surface area contributed by atoms with Crippen molar-refractivity contribution in [2.45, 2.75) is 17.4 Å². The molecule has 0 unspecified atom stereocenters. The molecule has 0 aliphatic carbocycles. The molecule has 0 fully saturated rings. The van der Waals surface area contributed by atoms with E-state index in [9.17, 15) is 35.1 Å². The summed E-state index contributed by atoms with van der Waals surface area (Å²) in [4.78, 5) is 0. The van der Waals surface area contributed by atoms with Crippen LogP contribution in [0.3, 0.4) is 0 Å². The van der Waals surface area contributed by atoms with E-state index in [4.69, 9.17) is 0 Å². The van der Waals surface area contributed by atoms with Gasteiger partial charge in [-0.3, -0.25) is 0 Å². The van der Waals surface area contributed by atoms with Gasteiger partial charge in [0.05, 0.1) is 0 Å². The fourth-order valence-electron chi connectivity index (χ4n) is 0.420. The second kappa shape index (κ2) is 4.14. The summed E-state index contributed by atoms with van der Waals surface area (Å²) in [6.07, 6.45) is -12.7. The van der Waals surface area contributed by atoms with E-state index in [0.717, 1.165) is 0 Å². The summed E-state index contributed by atoms with van der Waals surface area (Å²) >= 11 is 1.41. The Labute approximate surface area is 85.8 Å². The van der Waals surface area contributed by atoms with E-state index in [1.54, 1.807) is 0 Å². The number of allylic oxidation sites excluding steroid dienone is 1. The first kappa shape index (κ1) is 14.5. The molecule has 0 aromatic heterocycles. The molecule has 0 atom stereocenters.